The Labute approximate surface area is 53.6 Å². The van der Waals surface area contributed by atoms with E-state index in [-0.39, 0.29) is 0 Å². The van der Waals surface area contributed by atoms with E-state index in [0.717, 1.165) is 10.1 Å². The monoisotopic (exact) mass is 217 g/mol. The van der Waals surface area contributed by atoms with Crippen LogP contribution in [0.3, 0.4) is 0 Å². The van der Waals surface area contributed by atoms with Gasteiger partial charge in [-0.15, -0.1) is 0 Å². The zero-order valence-corrected chi connectivity index (χ0v) is 6.86. The second-order valence-electron chi connectivity index (χ2n) is 0.683. The molecular weight excluding hydrogens is 210 g/mol. The van der Waals surface area contributed by atoms with Crippen molar-refractivity contribution >= 4 is 35.1 Å². The summed E-state index contributed by atoms with van der Waals surface area (Å²) in [6.45, 7) is 2.67. The van der Waals surface area contributed by atoms with E-state index in [1.165, 1.54) is 0 Å². The molecule has 0 aliphatic rings. The van der Waals surface area contributed by atoms with Crippen molar-refractivity contribution in [3.63, 3.8) is 0 Å². The summed E-state index contributed by atoms with van der Waals surface area (Å²) in [6, 6.07) is 0. The third-order valence-corrected chi connectivity index (χ3v) is 0.757. The van der Waals surface area contributed by atoms with Crippen LogP contribution in [0.2, 0.25) is 0 Å². The van der Waals surface area contributed by atoms with E-state index < -0.39 is 0 Å². The summed E-state index contributed by atoms with van der Waals surface area (Å²) in [7, 11) is 0. The van der Waals surface area contributed by atoms with Gasteiger partial charge in [-0.05, 0) is 0 Å². The summed E-state index contributed by atoms with van der Waals surface area (Å²) in [4.78, 5) is 0. The van der Waals surface area contributed by atoms with Crippen LogP contribution in [0.15, 0.2) is 0 Å². The van der Waals surface area contributed by atoms with Crippen molar-refractivity contribution in [1.29, 1.82) is 0 Å². The molecule has 0 amide bonds. The van der Waals surface area contributed by atoms with Gasteiger partial charge in [0, 0.05) is 0 Å². The molecule has 0 heterocycles. The van der Waals surface area contributed by atoms with Crippen molar-refractivity contribution in [2.75, 3.05) is 6.61 Å². The molecule has 0 atom stereocenters. The first kappa shape index (κ1) is 6.71. The predicted octanol–water partition coefficient (Wildman–Crippen LogP) is -0.553. The van der Waals surface area contributed by atoms with Gasteiger partial charge >= 0.3 is 53.4 Å². The normalized spacial score (nSPS) is 7.50. The van der Waals surface area contributed by atoms with Gasteiger partial charge < -0.3 is 0 Å². The predicted molar refractivity (Wildman–Crippen MR) is 28.1 cm³/mol. The van der Waals surface area contributed by atoms with Crippen LogP contribution in [0.4, 0.5) is 0 Å². The molecule has 0 fully saturated rings. The van der Waals surface area contributed by atoms with Crippen LogP contribution in [0.1, 0.15) is 6.92 Å². The van der Waals surface area contributed by atoms with Crippen molar-refractivity contribution in [3.05, 3.63) is 0 Å². The van der Waals surface area contributed by atoms with E-state index in [0.29, 0.717) is 0 Å². The third kappa shape index (κ3) is 4.71. The zero-order valence-electron chi connectivity index (χ0n) is 3.43. The van der Waals surface area contributed by atoms with Gasteiger partial charge in [-0.25, -0.2) is 0 Å². The molecule has 0 spiro atoms. The molecule has 0 aromatic carbocycles. The van der Waals surface area contributed by atoms with E-state index in [1.807, 2.05) is 6.92 Å². The number of rotatable bonds is 2. The topological polar surface area (TPSA) is 9.23 Å². The van der Waals surface area contributed by atoms with E-state index in [4.69, 9.17) is 4.74 Å². The maximum atomic E-state index is 4.85. The number of hydrogen-bond acceptors (Lipinski definition) is 1. The Balaban J connectivity index is 2.83. The summed E-state index contributed by atoms with van der Waals surface area (Å²) in [5.74, 6) is 0. The number of ether oxygens (including phenoxy) is 1. The van der Waals surface area contributed by atoms with E-state index in [9.17, 15) is 0 Å². The van der Waals surface area contributed by atoms with Crippen LogP contribution in [0, 0.1) is 0 Å². The van der Waals surface area contributed by atoms with Crippen LogP contribution < -0.4 is 0 Å². The Morgan fingerprint density at radius 3 is 2.50 bits per heavy atom. The van der Waals surface area contributed by atoms with Crippen LogP contribution in [-0.4, -0.2) is 41.7 Å². The molecule has 3 heteroatoms. The second-order valence-corrected chi connectivity index (χ2v) is 3.55. The summed E-state index contributed by atoms with van der Waals surface area (Å²) in [6.07, 6.45) is 0. The van der Waals surface area contributed by atoms with Crippen molar-refractivity contribution < 1.29 is 4.74 Å². The molecule has 0 rings (SSSR count). The first-order valence-corrected chi connectivity index (χ1v) is 3.32. The van der Waals surface area contributed by atoms with Crippen molar-refractivity contribution in [1.82, 2.24) is 0 Å². The standard InChI is InChI=1S/C3H6OSe2/c1-2-4-3(5)6/h2H2,1H3,(H,5,6)/p-1. The Kier molecular flexibility index (Phi) is 4.34. The summed E-state index contributed by atoms with van der Waals surface area (Å²) >= 11 is 5.36. The van der Waals surface area contributed by atoms with Crippen molar-refractivity contribution in [2.45, 2.75) is 6.92 Å². The van der Waals surface area contributed by atoms with Gasteiger partial charge in [0.2, 0.25) is 0 Å². The minimum absolute atomic E-state index is 0.731. The van der Waals surface area contributed by atoms with E-state index in [2.05, 4.69) is 31.6 Å². The molecule has 0 saturated carbocycles. The van der Waals surface area contributed by atoms with Gasteiger partial charge in [-0.3, -0.25) is 0 Å². The average molecular weight is 215 g/mol. The molecular formula is C3H5OSe2-. The fraction of sp³-hybridized carbons (Fsp3) is 0.667. The van der Waals surface area contributed by atoms with Gasteiger partial charge in [0.15, 0.2) is 0 Å². The summed E-state index contributed by atoms with van der Waals surface area (Å²) < 4.78 is 5.64. The summed E-state index contributed by atoms with van der Waals surface area (Å²) in [5.41, 5.74) is 0. The second kappa shape index (κ2) is 3.88. The minimum atomic E-state index is 0.731. The van der Waals surface area contributed by atoms with Gasteiger partial charge in [-0.1, -0.05) is 0 Å². The molecule has 0 aliphatic carbocycles. The van der Waals surface area contributed by atoms with Gasteiger partial charge in [0.1, 0.15) is 0 Å². The fourth-order valence-corrected chi connectivity index (χ4v) is 0.612. The first-order valence-electron chi connectivity index (χ1n) is 1.61. The summed E-state index contributed by atoms with van der Waals surface area (Å²) in [5, 5.41) is 0. The Hall–Kier alpha value is 0.709. The van der Waals surface area contributed by atoms with Gasteiger partial charge in [-0.2, -0.15) is 0 Å². The zero-order chi connectivity index (χ0) is 4.99. The Morgan fingerprint density at radius 2 is 2.50 bits per heavy atom. The molecule has 0 saturated heterocycles. The van der Waals surface area contributed by atoms with Crippen molar-refractivity contribution in [2.24, 2.45) is 0 Å². The van der Waals surface area contributed by atoms with Crippen LogP contribution in [0.25, 0.3) is 0 Å². The quantitative estimate of drug-likeness (QED) is 0.561. The molecule has 0 bridgehead atoms. The molecule has 0 aliphatic heterocycles. The van der Waals surface area contributed by atoms with Crippen molar-refractivity contribution in [3.8, 4) is 0 Å². The molecule has 0 aromatic heterocycles. The molecule has 0 aromatic rings. The molecule has 6 heavy (non-hydrogen) atoms. The third-order valence-electron chi connectivity index (χ3n) is 0.262. The molecule has 36 valence electrons. The van der Waals surface area contributed by atoms with Crippen LogP contribution >= 0.6 is 0 Å². The van der Waals surface area contributed by atoms with Crippen LogP contribution in [-0.2, 0) is 4.74 Å². The SMILES string of the molecule is CCOC(=[Se])[Se-]. The molecule has 0 radical (unpaired) electrons. The van der Waals surface area contributed by atoms with Gasteiger partial charge in [0.25, 0.3) is 0 Å². The number of hydrogen-bond donors (Lipinski definition) is 0. The molecule has 0 N–H and O–H groups in total. The maximum absolute atomic E-state index is 4.85. The molecule has 1 nitrogen and oxygen atoms in total. The van der Waals surface area contributed by atoms with Gasteiger partial charge in [0.05, 0.1) is 0 Å². The molecule has 0 unspecified atom stereocenters. The van der Waals surface area contributed by atoms with E-state index in [1.54, 1.807) is 0 Å². The average Bonchev–Trinajstić information content (AvgIpc) is 1.35. The first-order chi connectivity index (χ1) is 2.77. The Bertz CT molecular complexity index is 52.8. The van der Waals surface area contributed by atoms with E-state index >= 15 is 0 Å². The Morgan fingerprint density at radius 1 is 2.00 bits per heavy atom. The van der Waals surface area contributed by atoms with Crippen LogP contribution in [0.5, 0.6) is 0 Å². The fourth-order valence-electron chi connectivity index (χ4n) is 0.118.